The van der Waals surface area contributed by atoms with Gasteiger partial charge in [0.05, 0.1) is 18.5 Å². The van der Waals surface area contributed by atoms with E-state index in [1.54, 1.807) is 43.4 Å². The van der Waals surface area contributed by atoms with Gasteiger partial charge < -0.3 is 15.2 Å². The molecule has 1 fully saturated rings. The number of hydrogen-bond acceptors (Lipinski definition) is 8. The zero-order chi connectivity index (χ0) is 24.2. The largest absolute Gasteiger partial charge is 0.383 e. The number of aliphatic hydroxyl groups is 1. The minimum Gasteiger partial charge on any atom is -0.383 e. The Kier molecular flexibility index (Phi) is 7.47. The molecular weight excluding hydrogens is 444 g/mol. The van der Waals surface area contributed by atoms with E-state index in [2.05, 4.69) is 30.6 Å². The normalized spacial score (nSPS) is 19.5. The minimum absolute atomic E-state index is 0.145. The molecule has 1 aliphatic heterocycles. The van der Waals surface area contributed by atoms with Crippen molar-refractivity contribution in [3.63, 3.8) is 0 Å². The van der Waals surface area contributed by atoms with Crippen LogP contribution in [-0.4, -0.2) is 75.5 Å². The molecule has 2 aromatic heterocycles. The number of aryl methyl sites for hydroxylation is 2. The van der Waals surface area contributed by atoms with Gasteiger partial charge in [0.2, 0.25) is 0 Å². The van der Waals surface area contributed by atoms with Crippen molar-refractivity contribution >= 4 is 5.82 Å². The maximum absolute atomic E-state index is 13.9. The van der Waals surface area contributed by atoms with E-state index in [0.717, 1.165) is 11.8 Å². The molecule has 0 aliphatic carbocycles. The Morgan fingerprint density at radius 2 is 1.97 bits per heavy atom. The van der Waals surface area contributed by atoms with E-state index in [9.17, 15) is 13.9 Å². The van der Waals surface area contributed by atoms with E-state index in [1.165, 1.54) is 6.07 Å². The second-order valence-corrected chi connectivity index (χ2v) is 8.43. The molecule has 0 spiro atoms. The van der Waals surface area contributed by atoms with E-state index in [4.69, 9.17) is 4.74 Å². The van der Waals surface area contributed by atoms with Gasteiger partial charge in [-0.25, -0.2) is 8.78 Å². The summed E-state index contributed by atoms with van der Waals surface area (Å²) in [6.07, 6.45) is 2.21. The Morgan fingerprint density at radius 3 is 2.68 bits per heavy atom. The van der Waals surface area contributed by atoms with E-state index in [0.29, 0.717) is 49.0 Å². The minimum atomic E-state index is -1.10. The maximum Gasteiger partial charge on any atom is 0.182 e. The summed E-state index contributed by atoms with van der Waals surface area (Å²) >= 11 is 0. The van der Waals surface area contributed by atoms with Crippen LogP contribution in [0.5, 0.6) is 0 Å². The molecule has 1 saturated heterocycles. The standard InChI is InChI=1S/C23H29F2N7O2/c1-14-10-27-20(11-26-14)19-9-22(31(2)30-19)29-23(33)28-21-13-32(6-7-34-3)12-16(21)15-4-5-17(24)18(25)8-15/h4-5,8-11,16,21,23,28-29,33H,6-7,12-13H2,1-3H3/t16-,21+,23?/m0/s1. The number of nitrogens with one attached hydrogen (secondary N) is 2. The zero-order valence-corrected chi connectivity index (χ0v) is 19.4. The summed E-state index contributed by atoms with van der Waals surface area (Å²) in [5.74, 6) is -1.33. The maximum atomic E-state index is 13.9. The molecule has 182 valence electrons. The molecule has 1 unspecified atom stereocenters. The van der Waals surface area contributed by atoms with Crippen LogP contribution in [0.4, 0.5) is 14.6 Å². The number of ether oxygens (including phenoxy) is 1. The van der Waals surface area contributed by atoms with Gasteiger partial charge in [0.25, 0.3) is 0 Å². The first-order valence-corrected chi connectivity index (χ1v) is 11.0. The number of rotatable bonds is 9. The van der Waals surface area contributed by atoms with Gasteiger partial charge >= 0.3 is 0 Å². The zero-order valence-electron chi connectivity index (χ0n) is 19.4. The third kappa shape index (κ3) is 5.55. The quantitative estimate of drug-likeness (QED) is 0.405. The second kappa shape index (κ2) is 10.5. The summed E-state index contributed by atoms with van der Waals surface area (Å²) < 4.78 is 34.2. The highest BCUT2D eigenvalue weighted by Crippen LogP contribution is 2.29. The molecule has 0 radical (unpaired) electrons. The van der Waals surface area contributed by atoms with E-state index in [1.807, 2.05) is 6.92 Å². The Balaban J connectivity index is 1.47. The lowest BCUT2D eigenvalue weighted by Crippen LogP contribution is -2.46. The fraction of sp³-hybridized carbons (Fsp3) is 0.435. The fourth-order valence-corrected chi connectivity index (χ4v) is 4.17. The first-order chi connectivity index (χ1) is 16.3. The molecule has 0 amide bonds. The second-order valence-electron chi connectivity index (χ2n) is 8.43. The monoisotopic (exact) mass is 473 g/mol. The predicted molar refractivity (Wildman–Crippen MR) is 123 cm³/mol. The topological polar surface area (TPSA) is 100 Å². The average Bonchev–Trinajstić information content (AvgIpc) is 3.37. The molecular formula is C23H29F2N7O2. The van der Waals surface area contributed by atoms with Gasteiger partial charge in [0.15, 0.2) is 18.0 Å². The molecule has 9 nitrogen and oxygen atoms in total. The molecule has 1 aromatic carbocycles. The van der Waals surface area contributed by atoms with Crippen LogP contribution in [0, 0.1) is 18.6 Å². The lowest BCUT2D eigenvalue weighted by Gasteiger charge is -2.24. The number of halogens is 2. The van der Waals surface area contributed by atoms with Crippen LogP contribution in [0.25, 0.3) is 11.4 Å². The van der Waals surface area contributed by atoms with Crippen LogP contribution in [0.2, 0.25) is 0 Å². The van der Waals surface area contributed by atoms with Crippen molar-refractivity contribution in [3.8, 4) is 11.4 Å². The summed E-state index contributed by atoms with van der Waals surface area (Å²) in [4.78, 5) is 10.7. The summed E-state index contributed by atoms with van der Waals surface area (Å²) in [5, 5.41) is 21.4. The Bertz CT molecular complexity index is 1110. The van der Waals surface area contributed by atoms with Gasteiger partial charge in [0.1, 0.15) is 17.2 Å². The number of aliphatic hydroxyl groups excluding tert-OH is 1. The summed E-state index contributed by atoms with van der Waals surface area (Å²) in [5.41, 5.74) is 2.73. The fourth-order valence-electron chi connectivity index (χ4n) is 4.17. The molecule has 34 heavy (non-hydrogen) atoms. The molecule has 0 saturated carbocycles. The van der Waals surface area contributed by atoms with Crippen molar-refractivity contribution in [2.75, 3.05) is 38.7 Å². The van der Waals surface area contributed by atoms with E-state index in [-0.39, 0.29) is 12.0 Å². The van der Waals surface area contributed by atoms with Crippen LogP contribution in [-0.2, 0) is 11.8 Å². The number of nitrogens with zero attached hydrogens (tertiary/aromatic N) is 5. The third-order valence-electron chi connectivity index (χ3n) is 5.96. The highest BCUT2D eigenvalue weighted by Gasteiger charge is 2.35. The number of benzene rings is 1. The highest BCUT2D eigenvalue weighted by molar-refractivity contribution is 5.58. The van der Waals surface area contributed by atoms with Crippen LogP contribution >= 0.6 is 0 Å². The van der Waals surface area contributed by atoms with Gasteiger partial charge in [-0.2, -0.15) is 5.10 Å². The van der Waals surface area contributed by atoms with Crippen molar-refractivity contribution in [1.29, 1.82) is 0 Å². The predicted octanol–water partition coefficient (Wildman–Crippen LogP) is 1.86. The smallest absolute Gasteiger partial charge is 0.182 e. The van der Waals surface area contributed by atoms with Crippen LogP contribution in [0.3, 0.4) is 0 Å². The molecule has 3 N–H and O–H groups in total. The summed E-state index contributed by atoms with van der Waals surface area (Å²) in [7, 11) is 3.39. The summed E-state index contributed by atoms with van der Waals surface area (Å²) in [6, 6.07) is 5.52. The Morgan fingerprint density at radius 1 is 1.15 bits per heavy atom. The van der Waals surface area contributed by atoms with Gasteiger partial charge in [-0.15, -0.1) is 0 Å². The van der Waals surface area contributed by atoms with Crippen molar-refractivity contribution in [2.24, 2.45) is 7.05 Å². The lowest BCUT2D eigenvalue weighted by molar-refractivity contribution is 0.139. The molecule has 1 aliphatic rings. The van der Waals surface area contributed by atoms with Gasteiger partial charge in [-0.05, 0) is 24.6 Å². The third-order valence-corrected chi connectivity index (χ3v) is 5.96. The van der Waals surface area contributed by atoms with Crippen molar-refractivity contribution in [3.05, 3.63) is 59.6 Å². The number of likely N-dealkylation sites (tertiary alicyclic amines) is 1. The van der Waals surface area contributed by atoms with Crippen LogP contribution < -0.4 is 10.6 Å². The number of anilines is 1. The molecule has 11 heteroatoms. The SMILES string of the molecule is COCCN1C[C@@H](NC(O)Nc2cc(-c3cnc(C)cn3)nn2C)[C@H](c2ccc(F)c(F)c2)C1. The van der Waals surface area contributed by atoms with Gasteiger partial charge in [0, 0.05) is 58.0 Å². The Labute approximate surface area is 196 Å². The molecule has 4 rings (SSSR count). The molecule has 3 heterocycles. The van der Waals surface area contributed by atoms with E-state index >= 15 is 0 Å². The number of aromatic nitrogens is 4. The molecule has 0 bridgehead atoms. The van der Waals surface area contributed by atoms with E-state index < -0.39 is 18.0 Å². The van der Waals surface area contributed by atoms with Crippen molar-refractivity contribution in [1.82, 2.24) is 30.0 Å². The molecule has 3 atom stereocenters. The molecule has 3 aromatic rings. The number of hydrogen-bond donors (Lipinski definition) is 3. The Hall–Kier alpha value is -2.99. The van der Waals surface area contributed by atoms with Crippen molar-refractivity contribution < 1.29 is 18.6 Å². The number of methoxy groups -OCH3 is 1. The van der Waals surface area contributed by atoms with Crippen LogP contribution in [0.1, 0.15) is 17.2 Å². The van der Waals surface area contributed by atoms with Crippen LogP contribution in [0.15, 0.2) is 36.7 Å². The van der Waals surface area contributed by atoms with Crippen molar-refractivity contribution in [2.45, 2.75) is 25.2 Å². The summed E-state index contributed by atoms with van der Waals surface area (Å²) in [6.45, 7) is 4.35. The average molecular weight is 474 g/mol. The lowest BCUT2D eigenvalue weighted by atomic mass is 9.94. The highest BCUT2D eigenvalue weighted by atomic mass is 19.2. The van der Waals surface area contributed by atoms with Gasteiger partial charge in [-0.3, -0.25) is 24.9 Å². The van der Waals surface area contributed by atoms with Gasteiger partial charge in [-0.1, -0.05) is 6.07 Å². The first kappa shape index (κ1) is 24.1. The first-order valence-electron chi connectivity index (χ1n) is 11.0.